The van der Waals surface area contributed by atoms with Gasteiger partial charge in [0.25, 0.3) is 0 Å². The van der Waals surface area contributed by atoms with E-state index in [4.69, 9.17) is 0 Å². The second kappa shape index (κ2) is 31.3. The van der Waals surface area contributed by atoms with Crippen LogP contribution in [0.15, 0.2) is 449 Å². The molecule has 136 heavy (non-hydrogen) atoms. The number of nitrogens with zero attached hydrogens (tertiary/aromatic N) is 2. The molecule has 2 nitrogen and oxygen atoms in total. The van der Waals surface area contributed by atoms with Crippen molar-refractivity contribution >= 4 is 91.5 Å². The van der Waals surface area contributed by atoms with Gasteiger partial charge in [0.05, 0.1) is 10.8 Å². The zero-order valence-corrected chi connectivity index (χ0v) is 77.9. The monoisotopic (exact) mass is 1740 g/mol. The smallest absolute Gasteiger partial charge is 0.0725 e. The molecule has 0 bridgehead atoms. The molecule has 0 fully saturated rings. The lowest BCUT2D eigenvalue weighted by Crippen LogP contribution is -2.28. The van der Waals surface area contributed by atoms with Crippen LogP contribution in [0.3, 0.4) is 0 Å². The lowest BCUT2D eigenvalue weighted by atomic mass is 9.67. The molecule has 0 radical (unpaired) electrons. The number of hydrogen-bond donors (Lipinski definition) is 0. The summed E-state index contributed by atoms with van der Waals surface area (Å²) in [4.78, 5) is 4.64. The van der Waals surface area contributed by atoms with Crippen molar-refractivity contribution in [2.75, 3.05) is 9.80 Å². The van der Waals surface area contributed by atoms with Gasteiger partial charge in [-0.3, -0.25) is 0 Å². The molecule has 0 amide bonds. The number of benzene rings is 19. The van der Waals surface area contributed by atoms with E-state index in [1.165, 1.54) is 189 Å². The van der Waals surface area contributed by atoms with Gasteiger partial charge in [-0.1, -0.05) is 419 Å². The van der Waals surface area contributed by atoms with Crippen molar-refractivity contribution in [3.63, 3.8) is 0 Å². The summed E-state index contributed by atoms with van der Waals surface area (Å²) in [6, 6.07) is 167. The van der Waals surface area contributed by atoms with Gasteiger partial charge in [-0.15, -0.1) is 0 Å². The molecule has 0 heterocycles. The first-order valence-electron chi connectivity index (χ1n) is 48.2. The van der Waals surface area contributed by atoms with Gasteiger partial charge >= 0.3 is 0 Å². The number of anilines is 6. The zero-order chi connectivity index (χ0) is 91.6. The summed E-state index contributed by atoms with van der Waals surface area (Å²) in [6.45, 7) is 19.4. The molecule has 0 N–H and O–H groups in total. The molecule has 19 aromatic rings. The van der Waals surface area contributed by atoms with E-state index in [1.807, 2.05) is 0 Å². The maximum absolute atomic E-state index is 2.53. The third kappa shape index (κ3) is 12.5. The van der Waals surface area contributed by atoms with E-state index in [0.29, 0.717) is 0 Å². The third-order valence-electron chi connectivity index (χ3n) is 31.3. The van der Waals surface area contributed by atoms with Crippen molar-refractivity contribution < 1.29 is 0 Å². The average molecular weight is 1740 g/mol. The SMILES string of the molecule is CC1(C)C2=C(c3ccccc31)C(C)(C)c1cc(-c3ccc4c(c3)C(c3ccccc3)(c3ccccc3)c3cc(/C=C/c5ccc(N(c6ccccc6)c6ccc7ccccc7c6)cc5)ccc3-4)ccc12.CC1(C)C2=C(c3ccccc31)C(C)(C)c1cc(-c3ccc4c(c3)C3(c5ccccc5-c5ccccc53)c3cc(/C=C/c5ccc(N(c6ccccc6)c6ccccc6)cc5)ccc3-4)ccc12. The molecule has 26 rings (SSSR count). The zero-order valence-electron chi connectivity index (χ0n) is 77.9. The van der Waals surface area contributed by atoms with E-state index in [0.717, 1.165) is 45.3 Å². The van der Waals surface area contributed by atoms with Gasteiger partial charge < -0.3 is 9.80 Å². The highest BCUT2D eigenvalue weighted by Gasteiger charge is 2.55. The fraction of sp³-hybridized carbons (Fsp3) is 0.104. The fourth-order valence-electron chi connectivity index (χ4n) is 25.1. The first-order chi connectivity index (χ1) is 66.4. The molecular weight excluding hydrogens is 1640 g/mol. The van der Waals surface area contributed by atoms with E-state index < -0.39 is 10.8 Å². The van der Waals surface area contributed by atoms with Crippen LogP contribution < -0.4 is 9.80 Å². The van der Waals surface area contributed by atoms with E-state index in [1.54, 1.807) is 0 Å². The topological polar surface area (TPSA) is 6.48 Å². The van der Waals surface area contributed by atoms with Crippen LogP contribution in [0.25, 0.3) is 113 Å². The summed E-state index contributed by atoms with van der Waals surface area (Å²) in [6.07, 6.45) is 9.07. The molecular formula is C134H102N2. The summed E-state index contributed by atoms with van der Waals surface area (Å²) in [7, 11) is 0. The Kier molecular flexibility index (Phi) is 18.9. The first kappa shape index (κ1) is 82.0. The number of rotatable bonds is 14. The van der Waals surface area contributed by atoms with Crippen molar-refractivity contribution in [2.24, 2.45) is 0 Å². The lowest BCUT2D eigenvalue weighted by molar-refractivity contribution is 0.694. The van der Waals surface area contributed by atoms with Crippen LogP contribution in [0, 0.1) is 0 Å². The Hall–Kier alpha value is -16.0. The summed E-state index contributed by atoms with van der Waals surface area (Å²) in [5.74, 6) is 0. The summed E-state index contributed by atoms with van der Waals surface area (Å²) >= 11 is 0. The Labute approximate surface area is 799 Å². The number of allylic oxidation sites excluding steroid dienone is 4. The van der Waals surface area contributed by atoms with E-state index in [9.17, 15) is 0 Å². The van der Waals surface area contributed by atoms with Crippen LogP contribution in [0.5, 0.6) is 0 Å². The van der Waals surface area contributed by atoms with Crippen LogP contribution in [0.4, 0.5) is 34.1 Å². The van der Waals surface area contributed by atoms with E-state index in [-0.39, 0.29) is 21.7 Å². The molecule has 0 atom stereocenters. The standard InChI is InChI=1S/C69H53N.C65H49N/c1-67(2)61-27-17-16-26-59(61)65-66(67)60-41-35-50(44-62(60)68(65,3)4)51-34-40-58-57-39-32-47(42-63(57)69(64(58)45-51,52-20-8-5-9-21-52)53-22-10-6-11-23-53)29-28-46-30-36-55(37-31-46)70(54-24-12-7-13-25-54)56-38-33-48-18-14-15-19-49(48)43-56;1-63(2)55-24-14-13-23-53(55)61-62(63)54-38-33-44(40-58(54)64(61,3)4)45-32-37-52-51-36-31-43(39-59(51)65(60(52)41-45)56-25-15-11-21-49(56)50-22-12-16-26-57(50)65)28-27-42-29-34-48(35-30-42)66(46-17-7-5-8-18-46)47-19-9-6-10-20-47/h5-45H,1-4H3;5-41H,1-4H3/b29-28+;28-27+. The quantitative estimate of drug-likeness (QED) is 0.100. The predicted octanol–water partition coefficient (Wildman–Crippen LogP) is 34.8. The molecule has 648 valence electrons. The van der Waals surface area contributed by atoms with Gasteiger partial charge in [0.1, 0.15) is 0 Å². The summed E-state index contributed by atoms with van der Waals surface area (Å²) < 4.78 is 0. The Morgan fingerprint density at radius 3 is 0.831 bits per heavy atom. The Morgan fingerprint density at radius 2 is 0.419 bits per heavy atom. The van der Waals surface area contributed by atoms with Crippen LogP contribution in [-0.2, 0) is 32.5 Å². The molecule has 0 aliphatic heterocycles. The lowest BCUT2D eigenvalue weighted by Gasteiger charge is -2.34. The van der Waals surface area contributed by atoms with Gasteiger partial charge in [0.15, 0.2) is 0 Å². The second-order valence-corrected chi connectivity index (χ2v) is 40.1. The van der Waals surface area contributed by atoms with Gasteiger partial charge in [-0.2, -0.15) is 0 Å². The highest BCUT2D eigenvalue weighted by atomic mass is 15.1. The van der Waals surface area contributed by atoms with Gasteiger partial charge in [0.2, 0.25) is 0 Å². The Morgan fingerprint density at radius 1 is 0.162 bits per heavy atom. The highest BCUT2D eigenvalue weighted by molar-refractivity contribution is 6.12. The number of fused-ring (bicyclic) bond motifs is 22. The summed E-state index contributed by atoms with van der Waals surface area (Å²) in [5.41, 5.74) is 50.9. The van der Waals surface area contributed by atoms with E-state index in [2.05, 4.69) is 538 Å². The molecule has 2 heteroatoms. The minimum absolute atomic E-state index is 0.0450. The van der Waals surface area contributed by atoms with Crippen LogP contribution in [0.1, 0.15) is 167 Å². The Balaban J connectivity index is 0.000000145. The molecule has 0 aromatic heterocycles. The fourth-order valence-corrected chi connectivity index (χ4v) is 25.1. The van der Waals surface area contributed by atoms with Gasteiger partial charge in [-0.25, -0.2) is 0 Å². The predicted molar refractivity (Wildman–Crippen MR) is 574 cm³/mol. The van der Waals surface area contributed by atoms with Crippen LogP contribution >= 0.6 is 0 Å². The van der Waals surface area contributed by atoms with E-state index >= 15 is 0 Å². The average Bonchev–Trinajstić information content (AvgIpc) is 1.52. The van der Waals surface area contributed by atoms with Crippen molar-refractivity contribution in [3.05, 3.63) is 560 Å². The van der Waals surface area contributed by atoms with Crippen molar-refractivity contribution in [1.82, 2.24) is 0 Å². The molecule has 7 aliphatic carbocycles. The van der Waals surface area contributed by atoms with Gasteiger partial charge in [0, 0.05) is 55.8 Å². The molecule has 19 aromatic carbocycles. The first-order valence-corrected chi connectivity index (χ1v) is 48.2. The molecule has 7 aliphatic rings. The highest BCUT2D eigenvalue weighted by Crippen LogP contribution is 2.68. The van der Waals surface area contributed by atoms with Crippen molar-refractivity contribution in [1.29, 1.82) is 0 Å². The normalized spacial score (nSPS) is 15.6. The maximum atomic E-state index is 2.53. The van der Waals surface area contributed by atoms with Crippen molar-refractivity contribution in [2.45, 2.75) is 87.9 Å². The number of hydrogen-bond acceptors (Lipinski definition) is 2. The van der Waals surface area contributed by atoms with Crippen LogP contribution in [0.2, 0.25) is 0 Å². The minimum atomic E-state index is -0.537. The maximum Gasteiger partial charge on any atom is 0.0725 e. The molecule has 0 unspecified atom stereocenters. The number of para-hydroxylation sites is 3. The Bertz CT molecular complexity index is 8090. The summed E-state index contributed by atoms with van der Waals surface area (Å²) in [5, 5.41) is 2.46. The molecule has 1 spiro atoms. The minimum Gasteiger partial charge on any atom is -0.311 e. The second-order valence-electron chi connectivity index (χ2n) is 40.1. The largest absolute Gasteiger partial charge is 0.311 e. The van der Waals surface area contributed by atoms with Crippen LogP contribution in [-0.4, -0.2) is 0 Å². The van der Waals surface area contributed by atoms with Gasteiger partial charge in [-0.05, 0) is 309 Å². The third-order valence-corrected chi connectivity index (χ3v) is 31.3. The molecule has 0 saturated carbocycles. The molecule has 0 saturated heterocycles. The van der Waals surface area contributed by atoms with Crippen molar-refractivity contribution in [3.8, 4) is 55.6 Å².